The lowest BCUT2D eigenvalue weighted by molar-refractivity contribution is 0.0690. The second-order valence-corrected chi connectivity index (χ2v) is 7.14. The molecule has 3 aromatic rings. The molecule has 0 saturated carbocycles. The minimum absolute atomic E-state index is 0.0361. The van der Waals surface area contributed by atoms with E-state index in [0.29, 0.717) is 23.7 Å². The molecule has 1 aliphatic heterocycles. The number of hydrogen-bond acceptors (Lipinski definition) is 5. The summed E-state index contributed by atoms with van der Waals surface area (Å²) in [5, 5.41) is 3.22. The Bertz CT molecular complexity index is 988. The molecular weight excluding hydrogens is 366 g/mol. The summed E-state index contributed by atoms with van der Waals surface area (Å²) in [4.78, 5) is 19.3. The van der Waals surface area contributed by atoms with Gasteiger partial charge in [-0.15, -0.1) is 0 Å². The number of nitrogens with zero attached hydrogens (tertiary/aromatic N) is 2. The molecule has 0 saturated heterocycles. The molecule has 1 N–H and O–H groups in total. The number of carbonyl (C=O) groups is 1. The first kappa shape index (κ1) is 18.8. The van der Waals surface area contributed by atoms with E-state index in [0.717, 1.165) is 17.0 Å². The summed E-state index contributed by atoms with van der Waals surface area (Å²) in [6, 6.07) is 19.3. The van der Waals surface area contributed by atoms with Gasteiger partial charge in [-0.05, 0) is 43.7 Å². The van der Waals surface area contributed by atoms with Crippen molar-refractivity contribution < 1.29 is 14.3 Å². The number of ether oxygens (including phenoxy) is 2. The highest BCUT2D eigenvalue weighted by Crippen LogP contribution is 2.34. The van der Waals surface area contributed by atoms with Crippen LogP contribution in [0.4, 0.5) is 11.5 Å². The van der Waals surface area contributed by atoms with Gasteiger partial charge in [0.25, 0.3) is 5.91 Å². The standard InChI is InChI=1S/C23H23N3O3/c1-16(2)26(14-17-6-4-3-5-7-17)23(27)18-8-11-22(24-13-18)25-19-9-10-20-21(12-19)29-15-28-20/h3-13,16H,14-15H2,1-2H3,(H,24,25). The molecule has 4 rings (SSSR count). The molecule has 1 amide bonds. The average Bonchev–Trinajstić information content (AvgIpc) is 3.20. The monoisotopic (exact) mass is 389 g/mol. The van der Waals surface area contributed by atoms with Crippen molar-refractivity contribution in [3.8, 4) is 11.5 Å². The van der Waals surface area contributed by atoms with E-state index < -0.39 is 0 Å². The van der Waals surface area contributed by atoms with Gasteiger partial charge in [-0.1, -0.05) is 30.3 Å². The maximum absolute atomic E-state index is 13.0. The van der Waals surface area contributed by atoms with Crippen LogP contribution in [-0.4, -0.2) is 28.6 Å². The number of benzene rings is 2. The number of hydrogen-bond donors (Lipinski definition) is 1. The van der Waals surface area contributed by atoms with Crippen LogP contribution in [-0.2, 0) is 6.54 Å². The molecular formula is C23H23N3O3. The van der Waals surface area contributed by atoms with Crippen LogP contribution in [0.5, 0.6) is 11.5 Å². The van der Waals surface area contributed by atoms with Gasteiger partial charge < -0.3 is 19.7 Å². The first-order valence-corrected chi connectivity index (χ1v) is 9.58. The fourth-order valence-corrected chi connectivity index (χ4v) is 3.15. The number of amides is 1. The molecule has 2 aromatic carbocycles. The third kappa shape index (κ3) is 4.32. The minimum Gasteiger partial charge on any atom is -0.454 e. The van der Waals surface area contributed by atoms with E-state index in [9.17, 15) is 4.79 Å². The van der Waals surface area contributed by atoms with E-state index in [1.165, 1.54) is 0 Å². The van der Waals surface area contributed by atoms with Crippen molar-refractivity contribution in [2.45, 2.75) is 26.4 Å². The summed E-state index contributed by atoms with van der Waals surface area (Å²) in [5.74, 6) is 2.05. The molecule has 1 aliphatic rings. The van der Waals surface area contributed by atoms with Gasteiger partial charge in [-0.25, -0.2) is 4.98 Å². The van der Waals surface area contributed by atoms with Crippen molar-refractivity contribution in [2.24, 2.45) is 0 Å². The highest BCUT2D eigenvalue weighted by molar-refractivity contribution is 5.94. The second-order valence-electron chi connectivity index (χ2n) is 7.14. The van der Waals surface area contributed by atoms with Gasteiger partial charge in [-0.2, -0.15) is 0 Å². The van der Waals surface area contributed by atoms with Crippen LogP contribution in [0, 0.1) is 0 Å². The summed E-state index contributed by atoms with van der Waals surface area (Å²) in [6.07, 6.45) is 1.61. The number of fused-ring (bicyclic) bond motifs is 1. The largest absolute Gasteiger partial charge is 0.454 e. The van der Waals surface area contributed by atoms with Crippen molar-refractivity contribution in [1.82, 2.24) is 9.88 Å². The number of rotatable bonds is 6. The fourth-order valence-electron chi connectivity index (χ4n) is 3.15. The topological polar surface area (TPSA) is 63.7 Å². The first-order chi connectivity index (χ1) is 14.1. The van der Waals surface area contributed by atoms with Gasteiger partial charge in [0.05, 0.1) is 5.56 Å². The number of carbonyl (C=O) groups excluding carboxylic acids is 1. The maximum atomic E-state index is 13.0. The average molecular weight is 389 g/mol. The molecule has 0 spiro atoms. The van der Waals surface area contributed by atoms with Gasteiger partial charge >= 0.3 is 0 Å². The Kier molecular flexibility index (Phi) is 5.33. The highest BCUT2D eigenvalue weighted by atomic mass is 16.7. The fraction of sp³-hybridized carbons (Fsp3) is 0.217. The van der Waals surface area contributed by atoms with Crippen molar-refractivity contribution in [2.75, 3.05) is 12.1 Å². The van der Waals surface area contributed by atoms with Crippen LogP contribution >= 0.6 is 0 Å². The van der Waals surface area contributed by atoms with Crippen molar-refractivity contribution in [3.63, 3.8) is 0 Å². The molecule has 6 heteroatoms. The molecule has 0 atom stereocenters. The Morgan fingerprint density at radius 1 is 1.07 bits per heavy atom. The van der Waals surface area contributed by atoms with Crippen LogP contribution in [0.1, 0.15) is 29.8 Å². The summed E-state index contributed by atoms with van der Waals surface area (Å²) in [5.41, 5.74) is 2.50. The van der Waals surface area contributed by atoms with Crippen molar-refractivity contribution >= 4 is 17.4 Å². The summed E-state index contributed by atoms with van der Waals surface area (Å²) >= 11 is 0. The Labute approximate surface area is 170 Å². The molecule has 1 aromatic heterocycles. The SMILES string of the molecule is CC(C)N(Cc1ccccc1)C(=O)c1ccc(Nc2ccc3c(c2)OCO3)nc1. The molecule has 0 aliphatic carbocycles. The van der Waals surface area contributed by atoms with Crippen LogP contribution in [0.15, 0.2) is 66.9 Å². The number of aromatic nitrogens is 1. The van der Waals surface area contributed by atoms with Crippen LogP contribution in [0.25, 0.3) is 0 Å². The predicted octanol–water partition coefficient (Wildman–Crippen LogP) is 4.60. The number of anilines is 2. The molecule has 148 valence electrons. The minimum atomic E-state index is -0.0361. The molecule has 6 nitrogen and oxygen atoms in total. The summed E-state index contributed by atoms with van der Waals surface area (Å²) < 4.78 is 10.7. The Balaban J connectivity index is 1.46. The normalized spacial score (nSPS) is 12.1. The molecule has 29 heavy (non-hydrogen) atoms. The quantitative estimate of drug-likeness (QED) is 0.667. The van der Waals surface area contributed by atoms with Gasteiger partial charge in [0.15, 0.2) is 11.5 Å². The summed E-state index contributed by atoms with van der Waals surface area (Å²) in [6.45, 7) is 4.84. The molecule has 2 heterocycles. The summed E-state index contributed by atoms with van der Waals surface area (Å²) in [7, 11) is 0. The second kappa shape index (κ2) is 8.22. The third-order valence-electron chi connectivity index (χ3n) is 4.74. The van der Waals surface area contributed by atoms with E-state index in [1.54, 1.807) is 18.3 Å². The van der Waals surface area contributed by atoms with E-state index in [-0.39, 0.29) is 18.7 Å². The third-order valence-corrected chi connectivity index (χ3v) is 4.74. The Morgan fingerprint density at radius 2 is 1.86 bits per heavy atom. The Morgan fingerprint density at radius 3 is 2.59 bits per heavy atom. The smallest absolute Gasteiger partial charge is 0.255 e. The lowest BCUT2D eigenvalue weighted by Crippen LogP contribution is -2.36. The van der Waals surface area contributed by atoms with Gasteiger partial charge in [0.2, 0.25) is 6.79 Å². The zero-order valence-corrected chi connectivity index (χ0v) is 16.5. The number of nitrogens with one attached hydrogen (secondary N) is 1. The highest BCUT2D eigenvalue weighted by Gasteiger charge is 2.19. The van der Waals surface area contributed by atoms with E-state index in [4.69, 9.17) is 9.47 Å². The molecule has 0 fully saturated rings. The Hall–Kier alpha value is -3.54. The van der Waals surface area contributed by atoms with Crippen molar-refractivity contribution in [3.05, 3.63) is 78.0 Å². The van der Waals surface area contributed by atoms with Gasteiger partial charge in [0.1, 0.15) is 5.82 Å². The predicted molar refractivity (Wildman–Crippen MR) is 112 cm³/mol. The maximum Gasteiger partial charge on any atom is 0.255 e. The van der Waals surface area contributed by atoms with Crippen LogP contribution < -0.4 is 14.8 Å². The molecule has 0 radical (unpaired) electrons. The van der Waals surface area contributed by atoms with Gasteiger partial charge in [0, 0.05) is 30.5 Å². The van der Waals surface area contributed by atoms with Crippen LogP contribution in [0.3, 0.4) is 0 Å². The van der Waals surface area contributed by atoms with Crippen LogP contribution in [0.2, 0.25) is 0 Å². The molecule has 0 unspecified atom stereocenters. The van der Waals surface area contributed by atoms with Gasteiger partial charge in [-0.3, -0.25) is 4.79 Å². The molecule has 0 bridgehead atoms. The zero-order chi connectivity index (χ0) is 20.2. The lowest BCUT2D eigenvalue weighted by Gasteiger charge is -2.27. The lowest BCUT2D eigenvalue weighted by atomic mass is 10.1. The van der Waals surface area contributed by atoms with E-state index in [2.05, 4.69) is 10.3 Å². The van der Waals surface area contributed by atoms with E-state index >= 15 is 0 Å². The zero-order valence-electron chi connectivity index (χ0n) is 16.5. The van der Waals surface area contributed by atoms with E-state index in [1.807, 2.05) is 67.3 Å². The van der Waals surface area contributed by atoms with Crippen molar-refractivity contribution in [1.29, 1.82) is 0 Å². The first-order valence-electron chi connectivity index (χ1n) is 9.58. The number of pyridine rings is 1.